The van der Waals surface area contributed by atoms with Gasteiger partial charge in [-0.25, -0.2) is 0 Å². The fourth-order valence-electron chi connectivity index (χ4n) is 2.04. The molecule has 0 radical (unpaired) electrons. The molecule has 0 amide bonds. The Kier molecular flexibility index (Phi) is 4.00. The number of halogens is 1. The van der Waals surface area contributed by atoms with Crippen LogP contribution in [-0.2, 0) is 13.0 Å². The van der Waals surface area contributed by atoms with Gasteiger partial charge in [0.1, 0.15) is 0 Å². The fraction of sp³-hybridized carbons (Fsp3) is 0.143. The third-order valence-electron chi connectivity index (χ3n) is 3.00. The average molecular weight is 322 g/mol. The van der Waals surface area contributed by atoms with E-state index < -0.39 is 0 Å². The second-order valence-electron chi connectivity index (χ2n) is 4.33. The molecule has 0 atom stereocenters. The van der Waals surface area contributed by atoms with Crippen molar-refractivity contribution in [1.82, 2.24) is 14.8 Å². The Morgan fingerprint density at radius 2 is 2.00 bits per heavy atom. The second-order valence-corrected chi connectivity index (χ2v) is 6.51. The number of nitrogens with zero attached hydrogens (tertiary/aromatic N) is 2. The number of nitrogens with one attached hydrogen (secondary N) is 1. The van der Waals surface area contributed by atoms with E-state index in [1.54, 1.807) is 11.3 Å². The van der Waals surface area contributed by atoms with Crippen LogP contribution in [0.15, 0.2) is 42.5 Å². The molecule has 102 valence electrons. The minimum absolute atomic E-state index is 0.645. The highest BCUT2D eigenvalue weighted by Gasteiger charge is 2.08. The van der Waals surface area contributed by atoms with Crippen molar-refractivity contribution in [3.8, 4) is 11.4 Å². The summed E-state index contributed by atoms with van der Waals surface area (Å²) >= 11 is 12.9. The molecule has 2 heterocycles. The number of hydrogen-bond acceptors (Lipinski definition) is 3. The topological polar surface area (TPSA) is 33.6 Å². The van der Waals surface area contributed by atoms with E-state index in [-0.39, 0.29) is 0 Å². The number of aromatic amines is 1. The molecule has 0 saturated heterocycles. The normalized spacial score (nSPS) is 10.8. The summed E-state index contributed by atoms with van der Waals surface area (Å²) in [6.07, 6.45) is 0.894. The van der Waals surface area contributed by atoms with Crippen LogP contribution in [0.1, 0.15) is 4.88 Å². The van der Waals surface area contributed by atoms with Crippen LogP contribution in [0.2, 0.25) is 4.34 Å². The second kappa shape index (κ2) is 5.91. The van der Waals surface area contributed by atoms with E-state index in [9.17, 15) is 0 Å². The summed E-state index contributed by atoms with van der Waals surface area (Å²) in [5, 5.41) is 7.20. The summed E-state index contributed by atoms with van der Waals surface area (Å²) in [6, 6.07) is 14.0. The Morgan fingerprint density at radius 3 is 2.70 bits per heavy atom. The van der Waals surface area contributed by atoms with Crippen LogP contribution in [0.3, 0.4) is 0 Å². The van der Waals surface area contributed by atoms with E-state index in [4.69, 9.17) is 23.8 Å². The minimum atomic E-state index is 0.645. The van der Waals surface area contributed by atoms with E-state index in [0.29, 0.717) is 4.77 Å². The van der Waals surface area contributed by atoms with Gasteiger partial charge in [-0.3, -0.25) is 9.67 Å². The van der Waals surface area contributed by atoms with Gasteiger partial charge in [0.2, 0.25) is 0 Å². The molecule has 1 aromatic carbocycles. The van der Waals surface area contributed by atoms with Crippen LogP contribution in [0.4, 0.5) is 0 Å². The summed E-state index contributed by atoms with van der Waals surface area (Å²) in [4.78, 5) is 1.25. The lowest BCUT2D eigenvalue weighted by molar-refractivity contribution is 0.697. The summed E-state index contributed by atoms with van der Waals surface area (Å²) in [5.74, 6) is 0.873. The third kappa shape index (κ3) is 2.85. The Morgan fingerprint density at radius 1 is 1.20 bits per heavy atom. The van der Waals surface area contributed by atoms with Crippen molar-refractivity contribution in [3.05, 3.63) is 56.4 Å². The van der Waals surface area contributed by atoms with E-state index >= 15 is 0 Å². The van der Waals surface area contributed by atoms with Gasteiger partial charge in [-0.2, -0.15) is 5.10 Å². The Bertz CT molecular complexity index is 758. The quantitative estimate of drug-likeness (QED) is 0.714. The number of benzene rings is 1. The van der Waals surface area contributed by atoms with Gasteiger partial charge in [0.15, 0.2) is 10.6 Å². The first-order valence-electron chi connectivity index (χ1n) is 6.19. The number of rotatable bonds is 4. The lowest BCUT2D eigenvalue weighted by Crippen LogP contribution is -2.03. The highest BCUT2D eigenvalue weighted by Crippen LogP contribution is 2.23. The van der Waals surface area contributed by atoms with Crippen LogP contribution >= 0.6 is 35.2 Å². The number of thiophene rings is 1. The Labute approximate surface area is 130 Å². The molecule has 3 rings (SSSR count). The van der Waals surface area contributed by atoms with E-state index in [1.807, 2.05) is 41.0 Å². The van der Waals surface area contributed by atoms with E-state index in [1.165, 1.54) is 4.88 Å². The molecule has 6 heteroatoms. The van der Waals surface area contributed by atoms with Crippen LogP contribution < -0.4 is 0 Å². The maximum Gasteiger partial charge on any atom is 0.195 e. The molecule has 0 unspecified atom stereocenters. The summed E-state index contributed by atoms with van der Waals surface area (Å²) < 4.78 is 3.49. The first-order valence-corrected chi connectivity index (χ1v) is 7.79. The lowest BCUT2D eigenvalue weighted by Gasteiger charge is -2.05. The zero-order valence-corrected chi connectivity index (χ0v) is 12.9. The predicted molar refractivity (Wildman–Crippen MR) is 85.9 cm³/mol. The number of H-pyrrole nitrogens is 1. The zero-order chi connectivity index (χ0) is 13.9. The molecule has 3 nitrogen and oxygen atoms in total. The zero-order valence-electron chi connectivity index (χ0n) is 10.5. The van der Waals surface area contributed by atoms with Crippen molar-refractivity contribution >= 4 is 35.2 Å². The lowest BCUT2D eigenvalue weighted by atomic mass is 10.2. The van der Waals surface area contributed by atoms with Gasteiger partial charge in [-0.05, 0) is 30.8 Å². The van der Waals surface area contributed by atoms with Crippen molar-refractivity contribution in [2.75, 3.05) is 0 Å². The monoisotopic (exact) mass is 321 g/mol. The standard InChI is InChI=1S/C14H12ClN3S2/c15-12-7-6-11(20-12)8-9-18-13(16-17-14(18)19)10-4-2-1-3-5-10/h1-7H,8-9H2,(H,17,19). The molecule has 0 saturated carbocycles. The SMILES string of the molecule is S=c1[nH]nc(-c2ccccc2)n1CCc1ccc(Cl)s1. The fourth-order valence-corrected chi connectivity index (χ4v) is 3.34. The van der Waals surface area contributed by atoms with Gasteiger partial charge >= 0.3 is 0 Å². The molecular weight excluding hydrogens is 310 g/mol. The van der Waals surface area contributed by atoms with Gasteiger partial charge in [-0.15, -0.1) is 11.3 Å². The van der Waals surface area contributed by atoms with Gasteiger partial charge < -0.3 is 0 Å². The van der Waals surface area contributed by atoms with E-state index in [0.717, 1.165) is 28.7 Å². The Balaban J connectivity index is 1.86. The smallest absolute Gasteiger partial charge is 0.195 e. The molecule has 0 aliphatic rings. The third-order valence-corrected chi connectivity index (χ3v) is 4.60. The summed E-state index contributed by atoms with van der Waals surface area (Å²) in [6.45, 7) is 0.788. The summed E-state index contributed by atoms with van der Waals surface area (Å²) in [7, 11) is 0. The molecule has 0 fully saturated rings. The Hall–Kier alpha value is -1.43. The van der Waals surface area contributed by atoms with Crippen LogP contribution in [0, 0.1) is 4.77 Å². The van der Waals surface area contributed by atoms with Crippen LogP contribution in [0.5, 0.6) is 0 Å². The van der Waals surface area contributed by atoms with Gasteiger partial charge in [0.25, 0.3) is 0 Å². The molecule has 3 aromatic rings. The van der Waals surface area contributed by atoms with Crippen LogP contribution in [-0.4, -0.2) is 14.8 Å². The predicted octanol–water partition coefficient (Wildman–Crippen LogP) is 4.57. The van der Waals surface area contributed by atoms with Gasteiger partial charge in [0.05, 0.1) is 4.34 Å². The number of aryl methyl sites for hydroxylation is 1. The van der Waals surface area contributed by atoms with Crippen molar-refractivity contribution in [1.29, 1.82) is 0 Å². The molecule has 2 aromatic heterocycles. The first kappa shape index (κ1) is 13.5. The number of aromatic nitrogens is 3. The molecule has 0 bridgehead atoms. The highest BCUT2D eigenvalue weighted by molar-refractivity contribution is 7.71. The number of hydrogen-bond donors (Lipinski definition) is 1. The molecule has 0 aliphatic carbocycles. The van der Waals surface area contributed by atoms with Gasteiger partial charge in [0, 0.05) is 17.0 Å². The molecule has 0 aliphatic heterocycles. The van der Waals surface area contributed by atoms with Crippen molar-refractivity contribution in [3.63, 3.8) is 0 Å². The largest absolute Gasteiger partial charge is 0.300 e. The summed E-state index contributed by atoms with van der Waals surface area (Å²) in [5.41, 5.74) is 1.06. The average Bonchev–Trinajstić information content (AvgIpc) is 3.04. The maximum absolute atomic E-state index is 5.95. The maximum atomic E-state index is 5.95. The first-order chi connectivity index (χ1) is 9.74. The molecule has 0 spiro atoms. The highest BCUT2D eigenvalue weighted by atomic mass is 35.5. The molecule has 20 heavy (non-hydrogen) atoms. The van der Waals surface area contributed by atoms with Gasteiger partial charge in [-0.1, -0.05) is 41.9 Å². The molecular formula is C14H12ClN3S2. The van der Waals surface area contributed by atoms with Crippen molar-refractivity contribution in [2.24, 2.45) is 0 Å². The van der Waals surface area contributed by atoms with E-state index in [2.05, 4.69) is 16.3 Å². The molecule has 1 N–H and O–H groups in total. The van der Waals surface area contributed by atoms with Crippen molar-refractivity contribution < 1.29 is 0 Å². The minimum Gasteiger partial charge on any atom is -0.300 e. The van der Waals surface area contributed by atoms with Crippen LogP contribution in [0.25, 0.3) is 11.4 Å². The van der Waals surface area contributed by atoms with Crippen molar-refractivity contribution in [2.45, 2.75) is 13.0 Å².